The van der Waals surface area contributed by atoms with E-state index in [1.165, 1.54) is 38.9 Å². The highest BCUT2D eigenvalue weighted by Gasteiger charge is 2.37. The van der Waals surface area contributed by atoms with Crippen LogP contribution in [0.3, 0.4) is 0 Å². The van der Waals surface area contributed by atoms with Gasteiger partial charge in [0.05, 0.1) is 27.4 Å². The van der Waals surface area contributed by atoms with Crippen LogP contribution in [-0.2, 0) is 32.1 Å². The van der Waals surface area contributed by atoms with Gasteiger partial charge < -0.3 is 28.4 Å². The summed E-state index contributed by atoms with van der Waals surface area (Å²) in [5, 5.41) is 0. The van der Waals surface area contributed by atoms with E-state index in [9.17, 15) is 0 Å². The van der Waals surface area contributed by atoms with Gasteiger partial charge in [0.2, 0.25) is 0 Å². The number of benzene rings is 4. The highest BCUT2D eigenvalue weighted by Crippen LogP contribution is 2.47. The molecule has 0 aromatic heterocycles. The van der Waals surface area contributed by atoms with Crippen LogP contribution in [0.15, 0.2) is 78.9 Å². The van der Waals surface area contributed by atoms with Crippen LogP contribution in [0.25, 0.3) is 0 Å². The molecule has 2 heterocycles. The maximum Gasteiger partial charge on any atom is 0.125 e. The number of ether oxygens (including phenoxy) is 6. The largest absolute Gasteiger partial charge is 0.496 e. The molecular formula is C49H64O6. The van der Waals surface area contributed by atoms with Gasteiger partial charge in [0.1, 0.15) is 48.4 Å². The molecule has 6 heteroatoms. The van der Waals surface area contributed by atoms with Crippen LogP contribution in [0.5, 0.6) is 23.0 Å². The van der Waals surface area contributed by atoms with Gasteiger partial charge in [0.15, 0.2) is 0 Å². The first-order chi connectivity index (χ1) is 26.4. The normalized spacial score (nSPS) is 16.9. The summed E-state index contributed by atoms with van der Waals surface area (Å²) in [5.74, 6) is 4.10. The summed E-state index contributed by atoms with van der Waals surface area (Å²) in [7, 11) is 3.65. The molecule has 2 saturated heterocycles. The molecule has 0 aliphatic carbocycles. The van der Waals surface area contributed by atoms with Gasteiger partial charge in [0, 0.05) is 21.8 Å². The Bertz CT molecular complexity index is 1860. The van der Waals surface area contributed by atoms with Crippen LogP contribution in [0, 0.1) is 0 Å². The highest BCUT2D eigenvalue weighted by molar-refractivity contribution is 5.54. The average Bonchev–Trinajstić information content (AvgIpc) is 4.15. The zero-order valence-corrected chi connectivity index (χ0v) is 35.1. The monoisotopic (exact) mass is 748 g/mol. The molecule has 55 heavy (non-hydrogen) atoms. The zero-order valence-electron chi connectivity index (χ0n) is 35.1. The molecule has 0 radical (unpaired) electrons. The van der Waals surface area contributed by atoms with Crippen molar-refractivity contribution >= 4 is 0 Å². The van der Waals surface area contributed by atoms with Crippen LogP contribution in [0.4, 0.5) is 0 Å². The SMILES string of the molecule is CCC(CC)c1cc(C(C)(C)c2ccc(OCC3CO3)cc2)cc(CC(CC)(CC)c2cc(C(C)(C)c3ccc(OCC4CO4)cc3)ccc2OC)c1OC. The van der Waals surface area contributed by atoms with Crippen molar-refractivity contribution in [1.29, 1.82) is 0 Å². The first kappa shape index (κ1) is 40.7. The maximum absolute atomic E-state index is 6.43. The lowest BCUT2D eigenvalue weighted by Gasteiger charge is -2.37. The predicted octanol–water partition coefficient (Wildman–Crippen LogP) is 11.1. The van der Waals surface area contributed by atoms with Crippen molar-refractivity contribution in [3.8, 4) is 23.0 Å². The summed E-state index contributed by atoms with van der Waals surface area (Å²) in [5.41, 5.74) is 8.14. The summed E-state index contributed by atoms with van der Waals surface area (Å²) in [6, 6.07) is 28.9. The summed E-state index contributed by atoms with van der Waals surface area (Å²) >= 11 is 0. The quantitative estimate of drug-likeness (QED) is 0.0839. The van der Waals surface area contributed by atoms with Crippen LogP contribution in [0.2, 0.25) is 0 Å². The van der Waals surface area contributed by atoms with E-state index in [-0.39, 0.29) is 28.5 Å². The first-order valence-electron chi connectivity index (χ1n) is 20.5. The molecule has 0 N–H and O–H groups in total. The van der Waals surface area contributed by atoms with E-state index in [2.05, 4.69) is 134 Å². The Labute approximate surface area is 330 Å². The molecule has 2 unspecified atom stereocenters. The minimum absolute atomic E-state index is 0.203. The van der Waals surface area contributed by atoms with Crippen molar-refractivity contribution in [1.82, 2.24) is 0 Å². The Balaban J connectivity index is 1.39. The average molecular weight is 749 g/mol. The number of epoxide rings is 2. The molecule has 6 nitrogen and oxygen atoms in total. The summed E-state index contributed by atoms with van der Waals surface area (Å²) in [6.07, 6.45) is 5.29. The standard InChI is InChI=1S/C49H64O6/c1-11-33(12-2)43-26-38(48(7,8)36-17-22-40(23-18-36)53-30-42-32-55-42)25-34(46(43)51-10)28-49(13-3,14-4)44-27-37(19-24-45(44)50-9)47(5,6)35-15-20-39(21-16-35)52-29-41-31-54-41/h15-27,33,41-42H,11-14,28-32H2,1-10H3. The number of hydrogen-bond donors (Lipinski definition) is 0. The van der Waals surface area contributed by atoms with E-state index < -0.39 is 0 Å². The minimum Gasteiger partial charge on any atom is -0.496 e. The maximum atomic E-state index is 6.43. The van der Waals surface area contributed by atoms with Crippen LogP contribution < -0.4 is 18.9 Å². The van der Waals surface area contributed by atoms with E-state index in [0.717, 1.165) is 68.3 Å². The molecule has 2 aliphatic rings. The Morgan fingerprint density at radius 1 is 0.618 bits per heavy atom. The second-order valence-corrected chi connectivity index (χ2v) is 16.7. The second-order valence-electron chi connectivity index (χ2n) is 16.7. The smallest absolute Gasteiger partial charge is 0.125 e. The van der Waals surface area contributed by atoms with Gasteiger partial charge in [-0.3, -0.25) is 0 Å². The van der Waals surface area contributed by atoms with Crippen molar-refractivity contribution in [2.45, 2.75) is 122 Å². The molecule has 2 aliphatic heterocycles. The lowest BCUT2D eigenvalue weighted by atomic mass is 9.68. The lowest BCUT2D eigenvalue weighted by molar-refractivity contribution is 0.263. The first-order valence-corrected chi connectivity index (χ1v) is 20.5. The third-order valence-electron chi connectivity index (χ3n) is 12.7. The topological polar surface area (TPSA) is 62.0 Å². The zero-order chi connectivity index (χ0) is 39.4. The van der Waals surface area contributed by atoms with Crippen LogP contribution in [0.1, 0.15) is 126 Å². The Hall–Kier alpha value is -4.00. The molecule has 0 saturated carbocycles. The molecule has 4 aromatic carbocycles. The van der Waals surface area contributed by atoms with Crippen molar-refractivity contribution in [2.75, 3.05) is 40.6 Å². The number of hydrogen-bond acceptors (Lipinski definition) is 6. The second kappa shape index (κ2) is 17.0. The number of methoxy groups -OCH3 is 2. The van der Waals surface area contributed by atoms with Gasteiger partial charge in [-0.15, -0.1) is 0 Å². The van der Waals surface area contributed by atoms with E-state index >= 15 is 0 Å². The van der Waals surface area contributed by atoms with Crippen molar-refractivity contribution in [2.24, 2.45) is 0 Å². The molecule has 6 rings (SSSR count). The molecule has 0 amide bonds. The Morgan fingerprint density at radius 3 is 1.55 bits per heavy atom. The molecule has 4 aromatic rings. The van der Waals surface area contributed by atoms with Gasteiger partial charge in [-0.25, -0.2) is 0 Å². The number of rotatable bonds is 20. The molecular weight excluding hydrogens is 685 g/mol. The van der Waals surface area contributed by atoms with E-state index in [4.69, 9.17) is 28.4 Å². The fourth-order valence-electron chi connectivity index (χ4n) is 8.31. The predicted molar refractivity (Wildman–Crippen MR) is 223 cm³/mol. The van der Waals surface area contributed by atoms with Crippen molar-refractivity contribution < 1.29 is 28.4 Å². The molecule has 296 valence electrons. The molecule has 2 atom stereocenters. The molecule has 0 bridgehead atoms. The Kier molecular flexibility index (Phi) is 12.6. The fourth-order valence-corrected chi connectivity index (χ4v) is 8.31. The third kappa shape index (κ3) is 8.86. The molecule has 0 spiro atoms. The van der Waals surface area contributed by atoms with Crippen LogP contribution >= 0.6 is 0 Å². The van der Waals surface area contributed by atoms with E-state index in [0.29, 0.717) is 19.1 Å². The third-order valence-corrected chi connectivity index (χ3v) is 12.7. The summed E-state index contributed by atoms with van der Waals surface area (Å²) in [6.45, 7) is 21.3. The van der Waals surface area contributed by atoms with Gasteiger partial charge in [-0.1, -0.05) is 104 Å². The van der Waals surface area contributed by atoms with E-state index in [1.807, 2.05) is 7.11 Å². The van der Waals surface area contributed by atoms with Crippen LogP contribution in [-0.4, -0.2) is 52.9 Å². The van der Waals surface area contributed by atoms with Crippen molar-refractivity contribution in [3.63, 3.8) is 0 Å². The fraction of sp³-hybridized carbons (Fsp3) is 0.510. The van der Waals surface area contributed by atoms with Gasteiger partial charge in [0.25, 0.3) is 0 Å². The highest BCUT2D eigenvalue weighted by atomic mass is 16.6. The summed E-state index contributed by atoms with van der Waals surface area (Å²) in [4.78, 5) is 0. The minimum atomic E-state index is -0.255. The van der Waals surface area contributed by atoms with Gasteiger partial charge in [-0.2, -0.15) is 0 Å². The van der Waals surface area contributed by atoms with Gasteiger partial charge >= 0.3 is 0 Å². The van der Waals surface area contributed by atoms with E-state index in [1.54, 1.807) is 7.11 Å². The summed E-state index contributed by atoms with van der Waals surface area (Å²) < 4.78 is 35.2. The Morgan fingerprint density at radius 2 is 1.11 bits per heavy atom. The lowest BCUT2D eigenvalue weighted by Crippen LogP contribution is -2.30. The molecule has 2 fully saturated rings. The van der Waals surface area contributed by atoms with Crippen molar-refractivity contribution in [3.05, 3.63) is 118 Å². The van der Waals surface area contributed by atoms with Gasteiger partial charge in [-0.05, 0) is 102 Å².